The first-order valence-electron chi connectivity index (χ1n) is 7.44. The summed E-state index contributed by atoms with van der Waals surface area (Å²) in [5.74, 6) is 0.867. The summed E-state index contributed by atoms with van der Waals surface area (Å²) in [6.07, 6.45) is 4.72. The molecule has 2 fully saturated rings. The van der Waals surface area contributed by atoms with Gasteiger partial charge in [-0.15, -0.1) is 12.4 Å². The van der Waals surface area contributed by atoms with Gasteiger partial charge in [-0.1, -0.05) is 12.1 Å². The summed E-state index contributed by atoms with van der Waals surface area (Å²) in [6.45, 7) is 4.07. The van der Waals surface area contributed by atoms with Gasteiger partial charge in [0.05, 0.1) is 0 Å². The Bertz CT molecular complexity index is 434. The Hall–Kier alpha value is -1.06. The monoisotopic (exact) mass is 294 g/mol. The average Bonchev–Trinajstić information content (AvgIpc) is 3.02. The first-order chi connectivity index (χ1) is 9.34. The van der Waals surface area contributed by atoms with Crippen molar-refractivity contribution in [3.8, 4) is 0 Å². The molecule has 1 aromatic rings. The van der Waals surface area contributed by atoms with Crippen molar-refractivity contribution < 1.29 is 4.79 Å². The van der Waals surface area contributed by atoms with Crippen LogP contribution in [-0.4, -0.2) is 37.0 Å². The molecule has 110 valence electrons. The zero-order chi connectivity index (χ0) is 13.1. The smallest absolute Gasteiger partial charge is 0.253 e. The summed E-state index contributed by atoms with van der Waals surface area (Å²) >= 11 is 0. The maximum absolute atomic E-state index is 12.3. The van der Waals surface area contributed by atoms with E-state index in [0.717, 1.165) is 44.6 Å². The predicted octanol–water partition coefficient (Wildman–Crippen LogP) is 2.81. The number of nitrogens with zero attached hydrogens (tertiary/aromatic N) is 1. The molecule has 20 heavy (non-hydrogen) atoms. The highest BCUT2D eigenvalue weighted by atomic mass is 35.5. The number of nitrogens with one attached hydrogen (secondary N) is 1. The van der Waals surface area contributed by atoms with Gasteiger partial charge in [0.2, 0.25) is 0 Å². The maximum Gasteiger partial charge on any atom is 0.253 e. The van der Waals surface area contributed by atoms with Crippen molar-refractivity contribution in [1.29, 1.82) is 0 Å². The first-order valence-corrected chi connectivity index (χ1v) is 7.44. The van der Waals surface area contributed by atoms with Gasteiger partial charge >= 0.3 is 0 Å². The fourth-order valence-corrected chi connectivity index (χ4v) is 3.16. The van der Waals surface area contributed by atoms with Crippen LogP contribution in [0.25, 0.3) is 0 Å². The molecule has 0 saturated carbocycles. The van der Waals surface area contributed by atoms with E-state index in [1.807, 2.05) is 17.0 Å². The van der Waals surface area contributed by atoms with E-state index in [0.29, 0.717) is 5.92 Å². The third-order valence-electron chi connectivity index (χ3n) is 4.36. The summed E-state index contributed by atoms with van der Waals surface area (Å²) in [4.78, 5) is 14.2. The maximum atomic E-state index is 12.3. The first kappa shape index (κ1) is 15.3. The summed E-state index contributed by atoms with van der Waals surface area (Å²) in [7, 11) is 0. The number of amides is 1. The van der Waals surface area contributed by atoms with Crippen LogP contribution in [0.15, 0.2) is 24.3 Å². The number of likely N-dealkylation sites (tertiary alicyclic amines) is 1. The van der Waals surface area contributed by atoms with Crippen molar-refractivity contribution in [1.82, 2.24) is 10.2 Å². The number of piperidine rings is 1. The highest BCUT2D eigenvalue weighted by molar-refractivity contribution is 5.94. The Morgan fingerprint density at radius 1 is 1.05 bits per heavy atom. The fraction of sp³-hybridized carbons (Fsp3) is 0.562. The number of carbonyl (C=O) groups is 1. The average molecular weight is 295 g/mol. The molecule has 0 radical (unpaired) electrons. The Morgan fingerprint density at radius 2 is 1.65 bits per heavy atom. The van der Waals surface area contributed by atoms with Crippen molar-refractivity contribution in [2.75, 3.05) is 26.2 Å². The quantitative estimate of drug-likeness (QED) is 0.910. The molecule has 2 saturated heterocycles. The van der Waals surface area contributed by atoms with Crippen LogP contribution >= 0.6 is 12.4 Å². The van der Waals surface area contributed by atoms with Gasteiger partial charge in [-0.2, -0.15) is 0 Å². The third kappa shape index (κ3) is 3.33. The largest absolute Gasteiger partial charge is 0.339 e. The molecule has 0 aromatic heterocycles. The minimum Gasteiger partial charge on any atom is -0.339 e. The number of halogens is 1. The number of carbonyl (C=O) groups excluding carboxylic acids is 1. The number of hydrogen-bond acceptors (Lipinski definition) is 2. The molecule has 2 heterocycles. The van der Waals surface area contributed by atoms with Crippen molar-refractivity contribution in [2.45, 2.75) is 31.6 Å². The van der Waals surface area contributed by atoms with Crippen LogP contribution in [0.1, 0.15) is 47.5 Å². The van der Waals surface area contributed by atoms with Crippen molar-refractivity contribution in [3.05, 3.63) is 35.4 Å². The van der Waals surface area contributed by atoms with E-state index in [-0.39, 0.29) is 18.3 Å². The lowest BCUT2D eigenvalue weighted by atomic mass is 9.90. The lowest BCUT2D eigenvalue weighted by molar-refractivity contribution is 0.0793. The lowest BCUT2D eigenvalue weighted by Crippen LogP contribution is -2.28. The Kier molecular flexibility index (Phi) is 5.44. The molecular formula is C16H23ClN2O. The van der Waals surface area contributed by atoms with Crippen LogP contribution in [0.3, 0.4) is 0 Å². The number of benzene rings is 1. The molecule has 2 aliphatic heterocycles. The van der Waals surface area contributed by atoms with Gasteiger partial charge in [0, 0.05) is 18.7 Å². The van der Waals surface area contributed by atoms with Gasteiger partial charge in [-0.05, 0) is 62.4 Å². The van der Waals surface area contributed by atoms with Crippen LogP contribution in [0.5, 0.6) is 0 Å². The molecule has 0 aliphatic carbocycles. The van der Waals surface area contributed by atoms with E-state index in [1.54, 1.807) is 0 Å². The summed E-state index contributed by atoms with van der Waals surface area (Å²) < 4.78 is 0. The molecule has 3 nitrogen and oxygen atoms in total. The van der Waals surface area contributed by atoms with Crippen LogP contribution < -0.4 is 5.32 Å². The molecule has 4 heteroatoms. The molecule has 2 aliphatic rings. The lowest BCUT2D eigenvalue weighted by Gasteiger charge is -2.23. The van der Waals surface area contributed by atoms with Crippen LogP contribution in [-0.2, 0) is 0 Å². The van der Waals surface area contributed by atoms with E-state index < -0.39 is 0 Å². The molecule has 0 atom stereocenters. The second kappa shape index (κ2) is 7.09. The van der Waals surface area contributed by atoms with Crippen LogP contribution in [0.4, 0.5) is 0 Å². The second-order valence-electron chi connectivity index (χ2n) is 5.65. The van der Waals surface area contributed by atoms with Crippen molar-refractivity contribution >= 4 is 18.3 Å². The Balaban J connectivity index is 0.00000147. The van der Waals surface area contributed by atoms with Gasteiger partial charge in [-0.25, -0.2) is 0 Å². The zero-order valence-corrected chi connectivity index (χ0v) is 12.6. The van der Waals surface area contributed by atoms with Crippen LogP contribution in [0, 0.1) is 0 Å². The summed E-state index contributed by atoms with van der Waals surface area (Å²) in [5.41, 5.74) is 2.24. The Morgan fingerprint density at radius 3 is 2.25 bits per heavy atom. The van der Waals surface area contributed by atoms with E-state index >= 15 is 0 Å². The summed E-state index contributed by atoms with van der Waals surface area (Å²) in [5, 5.41) is 3.39. The highest BCUT2D eigenvalue weighted by Gasteiger charge is 2.20. The van der Waals surface area contributed by atoms with Gasteiger partial charge in [0.1, 0.15) is 0 Å². The van der Waals surface area contributed by atoms with Gasteiger partial charge in [-0.3, -0.25) is 4.79 Å². The molecule has 0 unspecified atom stereocenters. The van der Waals surface area contributed by atoms with Crippen molar-refractivity contribution in [2.24, 2.45) is 0 Å². The molecule has 0 bridgehead atoms. The predicted molar refractivity (Wildman–Crippen MR) is 83.7 cm³/mol. The molecule has 1 aromatic carbocycles. The van der Waals surface area contributed by atoms with E-state index in [1.165, 1.54) is 18.4 Å². The topological polar surface area (TPSA) is 32.3 Å². The number of hydrogen-bond donors (Lipinski definition) is 1. The van der Waals surface area contributed by atoms with Crippen molar-refractivity contribution in [3.63, 3.8) is 0 Å². The zero-order valence-electron chi connectivity index (χ0n) is 11.8. The molecular weight excluding hydrogens is 272 g/mol. The van der Waals surface area contributed by atoms with Crippen LogP contribution in [0.2, 0.25) is 0 Å². The van der Waals surface area contributed by atoms with E-state index in [4.69, 9.17) is 0 Å². The van der Waals surface area contributed by atoms with E-state index in [9.17, 15) is 4.79 Å². The summed E-state index contributed by atoms with van der Waals surface area (Å²) in [6, 6.07) is 8.33. The van der Waals surface area contributed by atoms with Gasteiger partial charge in [0.15, 0.2) is 0 Å². The minimum atomic E-state index is 0. The molecule has 1 N–H and O–H groups in total. The standard InChI is InChI=1S/C16H22N2O.ClH/c19-16(18-11-1-2-12-18)15-5-3-13(4-6-15)14-7-9-17-10-8-14;/h3-6,14,17H,1-2,7-12H2;1H. The second-order valence-corrected chi connectivity index (χ2v) is 5.65. The fourth-order valence-electron chi connectivity index (χ4n) is 3.16. The minimum absolute atomic E-state index is 0. The SMILES string of the molecule is Cl.O=C(c1ccc(C2CCNCC2)cc1)N1CCCC1. The normalized spacial score (nSPS) is 19.7. The highest BCUT2D eigenvalue weighted by Crippen LogP contribution is 2.25. The molecule has 1 amide bonds. The molecule has 3 rings (SSSR count). The van der Waals surface area contributed by atoms with Gasteiger partial charge < -0.3 is 10.2 Å². The Labute approximate surface area is 127 Å². The number of rotatable bonds is 2. The van der Waals surface area contributed by atoms with E-state index in [2.05, 4.69) is 17.4 Å². The van der Waals surface area contributed by atoms with Gasteiger partial charge in [0.25, 0.3) is 5.91 Å². The third-order valence-corrected chi connectivity index (χ3v) is 4.36. The molecule has 0 spiro atoms.